The summed E-state index contributed by atoms with van der Waals surface area (Å²) in [6.45, 7) is 6.87. The molecule has 1 rings (SSSR count). The van der Waals surface area contributed by atoms with Crippen molar-refractivity contribution in [1.29, 1.82) is 0 Å². The Labute approximate surface area is 131 Å². The van der Waals surface area contributed by atoms with Crippen LogP contribution in [0.4, 0.5) is 5.69 Å². The van der Waals surface area contributed by atoms with Gasteiger partial charge in [-0.2, -0.15) is 0 Å². The van der Waals surface area contributed by atoms with E-state index in [1.807, 2.05) is 6.07 Å². The number of nitrogens with zero attached hydrogens (tertiary/aromatic N) is 1. The second-order valence-corrected chi connectivity index (χ2v) is 5.81. The van der Waals surface area contributed by atoms with E-state index in [1.165, 1.54) is 70.1 Å². The summed E-state index contributed by atoms with van der Waals surface area (Å²) in [6.07, 6.45) is 10.6. The van der Waals surface area contributed by atoms with E-state index in [2.05, 4.69) is 36.9 Å². The fraction of sp³-hybridized carbons (Fsp3) is 0.684. The van der Waals surface area contributed by atoms with Gasteiger partial charge in [-0.25, -0.2) is 0 Å². The van der Waals surface area contributed by atoms with E-state index in [0.29, 0.717) is 0 Å². The molecule has 120 valence electrons. The third-order valence-corrected chi connectivity index (χ3v) is 3.98. The number of hydrogen-bond acceptors (Lipinski definition) is 2. The second kappa shape index (κ2) is 11.5. The fourth-order valence-electron chi connectivity index (χ4n) is 2.64. The third-order valence-electron chi connectivity index (χ3n) is 3.98. The van der Waals surface area contributed by atoms with Gasteiger partial charge in [0, 0.05) is 24.8 Å². The fourth-order valence-corrected chi connectivity index (χ4v) is 2.64. The molecule has 2 nitrogen and oxygen atoms in total. The quantitative estimate of drug-likeness (QED) is 0.461. The van der Waals surface area contributed by atoms with E-state index in [1.54, 1.807) is 7.11 Å². The molecule has 0 fully saturated rings. The number of rotatable bonds is 12. The number of unbranched alkanes of at least 4 members (excludes halogenated alkanes) is 6. The van der Waals surface area contributed by atoms with Crippen molar-refractivity contribution in [2.24, 2.45) is 0 Å². The lowest BCUT2D eigenvalue weighted by Crippen LogP contribution is -2.25. The molecular formula is C19H33NO. The van der Waals surface area contributed by atoms with Crippen molar-refractivity contribution < 1.29 is 4.74 Å². The van der Waals surface area contributed by atoms with Gasteiger partial charge in [0.25, 0.3) is 0 Å². The predicted octanol–water partition coefficient (Wildman–Crippen LogP) is 5.66. The van der Waals surface area contributed by atoms with Crippen LogP contribution in [0.2, 0.25) is 0 Å². The molecule has 0 aliphatic rings. The van der Waals surface area contributed by atoms with Gasteiger partial charge in [0.2, 0.25) is 0 Å². The maximum absolute atomic E-state index is 5.36. The SMILES string of the molecule is CCCCCCN(CCCCCC)c1cccc(OC)c1. The van der Waals surface area contributed by atoms with E-state index >= 15 is 0 Å². The van der Waals surface area contributed by atoms with Crippen molar-refractivity contribution >= 4 is 5.69 Å². The van der Waals surface area contributed by atoms with Gasteiger partial charge in [-0.15, -0.1) is 0 Å². The van der Waals surface area contributed by atoms with Gasteiger partial charge in [-0.05, 0) is 25.0 Å². The molecule has 0 N–H and O–H groups in total. The van der Waals surface area contributed by atoms with Crippen LogP contribution in [0.3, 0.4) is 0 Å². The van der Waals surface area contributed by atoms with E-state index in [0.717, 1.165) is 5.75 Å². The zero-order valence-corrected chi connectivity index (χ0v) is 14.2. The molecule has 0 saturated carbocycles. The standard InChI is InChI=1S/C19H33NO/c1-4-6-8-10-15-20(16-11-9-7-5-2)18-13-12-14-19(17-18)21-3/h12-14,17H,4-11,15-16H2,1-3H3. The number of anilines is 1. The highest BCUT2D eigenvalue weighted by molar-refractivity contribution is 5.50. The molecule has 0 saturated heterocycles. The molecule has 0 aromatic heterocycles. The predicted molar refractivity (Wildman–Crippen MR) is 93.5 cm³/mol. The van der Waals surface area contributed by atoms with Gasteiger partial charge in [0.1, 0.15) is 5.75 Å². The molecule has 0 unspecified atom stereocenters. The maximum atomic E-state index is 5.36. The summed E-state index contributed by atoms with van der Waals surface area (Å²) in [4.78, 5) is 2.54. The largest absolute Gasteiger partial charge is 0.497 e. The molecular weight excluding hydrogens is 258 g/mol. The molecule has 0 heterocycles. The Morgan fingerprint density at radius 2 is 1.48 bits per heavy atom. The average molecular weight is 291 g/mol. The number of benzene rings is 1. The highest BCUT2D eigenvalue weighted by Crippen LogP contribution is 2.22. The Balaban J connectivity index is 2.56. The van der Waals surface area contributed by atoms with Crippen LogP contribution in [0, 0.1) is 0 Å². The lowest BCUT2D eigenvalue weighted by atomic mass is 10.1. The molecule has 0 aliphatic carbocycles. The minimum absolute atomic E-state index is 0.958. The minimum Gasteiger partial charge on any atom is -0.497 e. The summed E-state index contributed by atoms with van der Waals surface area (Å²) < 4.78 is 5.36. The number of hydrogen-bond donors (Lipinski definition) is 0. The highest BCUT2D eigenvalue weighted by Gasteiger charge is 2.07. The minimum atomic E-state index is 0.958. The maximum Gasteiger partial charge on any atom is 0.120 e. The smallest absolute Gasteiger partial charge is 0.120 e. The third kappa shape index (κ3) is 7.40. The molecule has 0 spiro atoms. The molecule has 21 heavy (non-hydrogen) atoms. The summed E-state index contributed by atoms with van der Waals surface area (Å²) in [5.41, 5.74) is 1.31. The van der Waals surface area contributed by atoms with Crippen molar-refractivity contribution in [1.82, 2.24) is 0 Å². The Hall–Kier alpha value is -1.18. The summed E-state index contributed by atoms with van der Waals surface area (Å²) in [5.74, 6) is 0.958. The van der Waals surface area contributed by atoms with E-state index in [9.17, 15) is 0 Å². The van der Waals surface area contributed by atoms with Gasteiger partial charge >= 0.3 is 0 Å². The molecule has 0 amide bonds. The van der Waals surface area contributed by atoms with Crippen LogP contribution in [0.5, 0.6) is 5.75 Å². The first-order valence-electron chi connectivity index (χ1n) is 8.70. The Morgan fingerprint density at radius 1 is 0.857 bits per heavy atom. The van der Waals surface area contributed by atoms with Gasteiger partial charge in [-0.1, -0.05) is 58.4 Å². The molecule has 0 atom stereocenters. The molecule has 1 aromatic carbocycles. The summed E-state index contributed by atoms with van der Waals surface area (Å²) >= 11 is 0. The topological polar surface area (TPSA) is 12.5 Å². The van der Waals surface area contributed by atoms with Crippen molar-refractivity contribution in [3.05, 3.63) is 24.3 Å². The van der Waals surface area contributed by atoms with Crippen molar-refractivity contribution in [3.63, 3.8) is 0 Å². The van der Waals surface area contributed by atoms with Crippen molar-refractivity contribution in [3.8, 4) is 5.75 Å². The van der Waals surface area contributed by atoms with Gasteiger partial charge in [0.15, 0.2) is 0 Å². The highest BCUT2D eigenvalue weighted by atomic mass is 16.5. The second-order valence-electron chi connectivity index (χ2n) is 5.81. The summed E-state index contributed by atoms with van der Waals surface area (Å²) in [5, 5.41) is 0. The molecule has 0 radical (unpaired) electrons. The van der Waals surface area contributed by atoms with E-state index in [4.69, 9.17) is 4.74 Å². The van der Waals surface area contributed by atoms with Crippen LogP contribution in [-0.2, 0) is 0 Å². The Kier molecular flexibility index (Phi) is 9.77. The first-order chi connectivity index (χ1) is 10.3. The molecule has 1 aromatic rings. The van der Waals surface area contributed by atoms with Crippen molar-refractivity contribution in [2.45, 2.75) is 65.2 Å². The Bertz CT molecular complexity index is 352. The zero-order valence-electron chi connectivity index (χ0n) is 14.2. The molecule has 0 bridgehead atoms. The summed E-state index contributed by atoms with van der Waals surface area (Å²) in [6, 6.07) is 8.50. The van der Waals surface area contributed by atoms with E-state index in [-0.39, 0.29) is 0 Å². The van der Waals surface area contributed by atoms with Crippen LogP contribution >= 0.6 is 0 Å². The van der Waals surface area contributed by atoms with Gasteiger partial charge in [0.05, 0.1) is 7.11 Å². The van der Waals surface area contributed by atoms with Crippen LogP contribution in [-0.4, -0.2) is 20.2 Å². The van der Waals surface area contributed by atoms with Crippen LogP contribution in [0.25, 0.3) is 0 Å². The lowest BCUT2D eigenvalue weighted by molar-refractivity contribution is 0.414. The van der Waals surface area contributed by atoms with Gasteiger partial charge < -0.3 is 9.64 Å². The number of ether oxygens (including phenoxy) is 1. The summed E-state index contributed by atoms with van der Waals surface area (Å²) in [7, 11) is 1.74. The van der Waals surface area contributed by atoms with Crippen molar-refractivity contribution in [2.75, 3.05) is 25.1 Å². The zero-order chi connectivity index (χ0) is 15.3. The van der Waals surface area contributed by atoms with Gasteiger partial charge in [-0.3, -0.25) is 0 Å². The average Bonchev–Trinajstić information content (AvgIpc) is 2.53. The number of methoxy groups -OCH3 is 1. The molecule has 2 heteroatoms. The monoisotopic (exact) mass is 291 g/mol. The van der Waals surface area contributed by atoms with Crippen LogP contribution < -0.4 is 9.64 Å². The first-order valence-corrected chi connectivity index (χ1v) is 8.70. The van der Waals surface area contributed by atoms with Crippen LogP contribution in [0.15, 0.2) is 24.3 Å². The lowest BCUT2D eigenvalue weighted by Gasteiger charge is -2.25. The van der Waals surface area contributed by atoms with Crippen LogP contribution in [0.1, 0.15) is 65.2 Å². The Morgan fingerprint density at radius 3 is 2.00 bits per heavy atom. The first kappa shape index (κ1) is 17.9. The van der Waals surface area contributed by atoms with E-state index < -0.39 is 0 Å². The normalized spacial score (nSPS) is 10.6. The molecule has 0 aliphatic heterocycles.